The Labute approximate surface area is 136 Å². The molecule has 0 saturated heterocycles. The van der Waals surface area contributed by atoms with Crippen LogP contribution in [0.4, 0.5) is 0 Å². The van der Waals surface area contributed by atoms with Crippen LogP contribution in [0.15, 0.2) is 40.8 Å². The molecule has 0 aliphatic heterocycles. The van der Waals surface area contributed by atoms with Crippen molar-refractivity contribution in [2.24, 2.45) is 0 Å². The van der Waals surface area contributed by atoms with Crippen LogP contribution < -0.4 is 0 Å². The SMILES string of the molecule is CC1=C(O[Si](C)(C)C(C)(C)C)/C(=C(\C)Cc2ccc[nH]2)CC1. The Morgan fingerprint density at radius 2 is 1.95 bits per heavy atom. The Bertz CT molecular complexity index is 585. The van der Waals surface area contributed by atoms with Gasteiger partial charge in [0.25, 0.3) is 0 Å². The van der Waals surface area contributed by atoms with Crippen LogP contribution in [-0.2, 0) is 10.8 Å². The van der Waals surface area contributed by atoms with Crippen molar-refractivity contribution in [1.82, 2.24) is 4.98 Å². The third-order valence-electron chi connectivity index (χ3n) is 5.21. The highest BCUT2D eigenvalue weighted by Crippen LogP contribution is 2.43. The zero-order valence-electron chi connectivity index (χ0n) is 15.3. The van der Waals surface area contributed by atoms with Gasteiger partial charge in [-0.1, -0.05) is 26.3 Å². The number of H-pyrrole nitrogens is 1. The van der Waals surface area contributed by atoms with Crippen molar-refractivity contribution in [2.75, 3.05) is 0 Å². The number of rotatable bonds is 4. The highest BCUT2D eigenvalue weighted by molar-refractivity contribution is 6.74. The third-order valence-corrected chi connectivity index (χ3v) is 9.54. The van der Waals surface area contributed by atoms with Gasteiger partial charge in [0.1, 0.15) is 5.76 Å². The molecule has 0 radical (unpaired) electrons. The summed E-state index contributed by atoms with van der Waals surface area (Å²) in [5, 5.41) is 0.237. The molecule has 0 spiro atoms. The van der Waals surface area contributed by atoms with Crippen LogP contribution in [0, 0.1) is 0 Å². The molecule has 0 atom stereocenters. The normalized spacial score (nSPS) is 18.9. The molecule has 0 aromatic carbocycles. The van der Waals surface area contributed by atoms with E-state index in [1.807, 2.05) is 6.20 Å². The Kier molecular flexibility index (Phi) is 4.76. The van der Waals surface area contributed by atoms with E-state index in [0.29, 0.717) is 0 Å². The quantitative estimate of drug-likeness (QED) is 0.681. The van der Waals surface area contributed by atoms with Gasteiger partial charge in [0.15, 0.2) is 0 Å². The summed E-state index contributed by atoms with van der Waals surface area (Å²) in [6.45, 7) is 16.1. The van der Waals surface area contributed by atoms with E-state index in [1.165, 1.54) is 28.2 Å². The maximum absolute atomic E-state index is 6.68. The van der Waals surface area contributed by atoms with Crippen LogP contribution >= 0.6 is 0 Å². The second kappa shape index (κ2) is 6.11. The van der Waals surface area contributed by atoms with Gasteiger partial charge >= 0.3 is 0 Å². The standard InChI is InChI=1S/C19H31NOSi/c1-14-10-11-17(15(2)13-16-9-8-12-20-16)18(14)21-22(6,7)19(3,4)5/h8-9,12,20H,10-11,13H2,1-7H3/b17-15+. The lowest BCUT2D eigenvalue weighted by molar-refractivity contribution is 0.391. The van der Waals surface area contributed by atoms with Gasteiger partial charge < -0.3 is 9.41 Å². The molecule has 0 amide bonds. The van der Waals surface area contributed by atoms with Crippen LogP contribution in [0.5, 0.6) is 0 Å². The van der Waals surface area contributed by atoms with E-state index in [-0.39, 0.29) is 5.04 Å². The number of aromatic amines is 1. The summed E-state index contributed by atoms with van der Waals surface area (Å²) in [4.78, 5) is 3.31. The van der Waals surface area contributed by atoms with Crippen molar-refractivity contribution < 1.29 is 4.43 Å². The lowest BCUT2D eigenvalue weighted by Gasteiger charge is -2.37. The van der Waals surface area contributed by atoms with Gasteiger partial charge in [0, 0.05) is 18.3 Å². The first-order chi connectivity index (χ1) is 10.1. The van der Waals surface area contributed by atoms with E-state index in [4.69, 9.17) is 4.43 Å². The van der Waals surface area contributed by atoms with E-state index in [9.17, 15) is 0 Å². The number of nitrogens with one attached hydrogen (secondary N) is 1. The van der Waals surface area contributed by atoms with Crippen LogP contribution in [0.2, 0.25) is 18.1 Å². The van der Waals surface area contributed by atoms with Gasteiger partial charge in [-0.2, -0.15) is 0 Å². The minimum Gasteiger partial charge on any atom is -0.543 e. The fourth-order valence-electron chi connectivity index (χ4n) is 2.63. The molecule has 2 nitrogen and oxygen atoms in total. The van der Waals surface area contributed by atoms with Crippen molar-refractivity contribution in [3.05, 3.63) is 46.5 Å². The lowest BCUT2D eigenvalue weighted by Crippen LogP contribution is -2.40. The average Bonchev–Trinajstić information content (AvgIpc) is 2.99. The van der Waals surface area contributed by atoms with Crippen LogP contribution in [0.1, 0.15) is 53.2 Å². The molecule has 0 unspecified atom stereocenters. The maximum atomic E-state index is 6.68. The summed E-state index contributed by atoms with van der Waals surface area (Å²) >= 11 is 0. The van der Waals surface area contributed by atoms with Crippen LogP contribution in [0.25, 0.3) is 0 Å². The smallest absolute Gasteiger partial charge is 0.250 e. The van der Waals surface area contributed by atoms with Gasteiger partial charge in [-0.15, -0.1) is 0 Å². The van der Waals surface area contributed by atoms with Gasteiger partial charge in [-0.3, -0.25) is 0 Å². The zero-order valence-corrected chi connectivity index (χ0v) is 16.3. The van der Waals surface area contributed by atoms with Gasteiger partial charge in [0.2, 0.25) is 8.32 Å². The summed E-state index contributed by atoms with van der Waals surface area (Å²) in [5.41, 5.74) is 5.58. The van der Waals surface area contributed by atoms with Crippen molar-refractivity contribution in [2.45, 2.75) is 72.0 Å². The summed E-state index contributed by atoms with van der Waals surface area (Å²) in [6, 6.07) is 4.22. The molecule has 0 fully saturated rings. The molecular formula is C19H31NOSi. The minimum absolute atomic E-state index is 0.237. The maximum Gasteiger partial charge on any atom is 0.250 e. The molecule has 122 valence electrons. The largest absolute Gasteiger partial charge is 0.543 e. The summed E-state index contributed by atoms with van der Waals surface area (Å²) in [7, 11) is -1.78. The number of allylic oxidation sites excluding steroid dienone is 3. The third kappa shape index (κ3) is 3.57. The summed E-state index contributed by atoms with van der Waals surface area (Å²) in [5.74, 6) is 1.20. The van der Waals surface area contributed by atoms with Gasteiger partial charge in [0.05, 0.1) is 0 Å². The Balaban J connectivity index is 2.26. The predicted octanol–water partition coefficient (Wildman–Crippen LogP) is 5.96. The highest BCUT2D eigenvalue weighted by Gasteiger charge is 2.40. The first-order valence-electron chi connectivity index (χ1n) is 8.32. The van der Waals surface area contributed by atoms with Gasteiger partial charge in [-0.05, 0) is 68.1 Å². The fraction of sp³-hybridized carbons (Fsp3) is 0.579. The first kappa shape index (κ1) is 17.1. The predicted molar refractivity (Wildman–Crippen MR) is 97.4 cm³/mol. The molecule has 2 rings (SSSR count). The second-order valence-electron chi connectivity index (χ2n) is 8.10. The second-order valence-corrected chi connectivity index (χ2v) is 12.8. The van der Waals surface area contributed by atoms with E-state index < -0.39 is 8.32 Å². The first-order valence-corrected chi connectivity index (χ1v) is 11.2. The van der Waals surface area contributed by atoms with Gasteiger partial charge in [-0.25, -0.2) is 0 Å². The summed E-state index contributed by atoms with van der Waals surface area (Å²) < 4.78 is 6.68. The fourth-order valence-corrected chi connectivity index (χ4v) is 3.75. The lowest BCUT2D eigenvalue weighted by atomic mass is 10.0. The molecule has 0 saturated carbocycles. The minimum atomic E-state index is -1.78. The van der Waals surface area contributed by atoms with E-state index in [2.05, 4.69) is 64.8 Å². The van der Waals surface area contributed by atoms with Crippen LogP contribution in [-0.4, -0.2) is 13.3 Å². The molecule has 1 N–H and O–H groups in total. The average molecular weight is 318 g/mol. The topological polar surface area (TPSA) is 25.0 Å². The molecule has 0 bridgehead atoms. The zero-order chi connectivity index (χ0) is 16.5. The Morgan fingerprint density at radius 3 is 2.50 bits per heavy atom. The Morgan fingerprint density at radius 1 is 1.27 bits per heavy atom. The molecule has 1 aliphatic rings. The molecular weight excluding hydrogens is 286 g/mol. The molecule has 3 heteroatoms. The van der Waals surface area contributed by atoms with E-state index in [0.717, 1.165) is 19.3 Å². The van der Waals surface area contributed by atoms with Crippen molar-refractivity contribution >= 4 is 8.32 Å². The summed E-state index contributed by atoms with van der Waals surface area (Å²) in [6.07, 6.45) is 5.25. The van der Waals surface area contributed by atoms with Crippen LogP contribution in [0.3, 0.4) is 0 Å². The molecule has 22 heavy (non-hydrogen) atoms. The Hall–Kier alpha value is -1.22. The monoisotopic (exact) mass is 317 g/mol. The van der Waals surface area contributed by atoms with Crippen molar-refractivity contribution in [3.8, 4) is 0 Å². The number of hydrogen-bond acceptors (Lipinski definition) is 1. The van der Waals surface area contributed by atoms with Crippen molar-refractivity contribution in [3.63, 3.8) is 0 Å². The molecule has 1 aromatic rings. The molecule has 1 heterocycles. The molecule has 1 aromatic heterocycles. The highest BCUT2D eigenvalue weighted by atomic mass is 28.4. The number of aromatic nitrogens is 1. The molecule has 1 aliphatic carbocycles. The van der Waals surface area contributed by atoms with E-state index >= 15 is 0 Å². The van der Waals surface area contributed by atoms with E-state index in [1.54, 1.807) is 0 Å². The number of hydrogen-bond donors (Lipinski definition) is 1. The van der Waals surface area contributed by atoms with Crippen molar-refractivity contribution in [1.29, 1.82) is 0 Å².